The van der Waals surface area contributed by atoms with Crippen molar-refractivity contribution in [2.45, 2.75) is 32.7 Å². The van der Waals surface area contributed by atoms with Gasteiger partial charge in [0.25, 0.3) is 0 Å². The molecule has 1 fully saturated rings. The second-order valence-electron chi connectivity index (χ2n) is 4.32. The van der Waals surface area contributed by atoms with Gasteiger partial charge in [-0.3, -0.25) is 0 Å². The first-order chi connectivity index (χ1) is 7.90. The van der Waals surface area contributed by atoms with Crippen LogP contribution in [0.2, 0.25) is 0 Å². The average Bonchev–Trinajstić information content (AvgIpc) is 3.02. The summed E-state index contributed by atoms with van der Waals surface area (Å²) in [7, 11) is 0. The van der Waals surface area contributed by atoms with Crippen LogP contribution in [0, 0.1) is 5.92 Å². The Morgan fingerprint density at radius 2 is 2.44 bits per heavy atom. The van der Waals surface area contributed by atoms with Crippen molar-refractivity contribution in [1.82, 2.24) is 9.55 Å². The lowest BCUT2D eigenvalue weighted by Gasteiger charge is -2.09. The lowest BCUT2D eigenvalue weighted by molar-refractivity contribution is 0.142. The Kier molecular flexibility index (Phi) is 4.22. The highest BCUT2D eigenvalue weighted by molar-refractivity contribution is 5.26. The molecule has 2 rings (SSSR count). The third-order valence-corrected chi connectivity index (χ3v) is 2.85. The van der Waals surface area contributed by atoms with Gasteiger partial charge in [0.1, 0.15) is 0 Å². The molecule has 1 heterocycles. The molecule has 4 nitrogen and oxygen atoms in total. The number of imidazole rings is 1. The van der Waals surface area contributed by atoms with Crippen LogP contribution in [0.15, 0.2) is 12.4 Å². The van der Waals surface area contributed by atoms with E-state index in [1.54, 1.807) is 0 Å². The van der Waals surface area contributed by atoms with E-state index in [-0.39, 0.29) is 0 Å². The van der Waals surface area contributed by atoms with Crippen molar-refractivity contribution in [3.05, 3.63) is 12.4 Å². The van der Waals surface area contributed by atoms with E-state index in [0.29, 0.717) is 0 Å². The monoisotopic (exact) mass is 223 g/mol. The van der Waals surface area contributed by atoms with Crippen molar-refractivity contribution in [2.24, 2.45) is 5.92 Å². The van der Waals surface area contributed by atoms with Crippen molar-refractivity contribution in [3.63, 3.8) is 0 Å². The van der Waals surface area contributed by atoms with Gasteiger partial charge < -0.3 is 14.6 Å². The second kappa shape index (κ2) is 5.89. The predicted octanol–water partition coefficient (Wildman–Crippen LogP) is 2.13. The first-order valence-corrected chi connectivity index (χ1v) is 6.23. The largest absolute Gasteiger partial charge is 0.382 e. The second-order valence-corrected chi connectivity index (χ2v) is 4.32. The minimum absolute atomic E-state index is 0.802. The van der Waals surface area contributed by atoms with Crippen LogP contribution in [-0.2, 0) is 11.3 Å². The standard InChI is InChI=1S/C12H21N3O/c1-2-16-9-3-7-15-8-6-13-12(15)14-10-11-4-5-11/h6,8,11H,2-5,7,9-10H2,1H3,(H,13,14). The summed E-state index contributed by atoms with van der Waals surface area (Å²) in [6.07, 6.45) is 7.68. The minimum Gasteiger partial charge on any atom is -0.382 e. The van der Waals surface area contributed by atoms with E-state index < -0.39 is 0 Å². The predicted molar refractivity (Wildman–Crippen MR) is 64.6 cm³/mol. The van der Waals surface area contributed by atoms with Crippen LogP contribution >= 0.6 is 0 Å². The zero-order valence-electron chi connectivity index (χ0n) is 9.98. The first-order valence-electron chi connectivity index (χ1n) is 6.23. The van der Waals surface area contributed by atoms with Crippen LogP contribution in [0.4, 0.5) is 5.95 Å². The highest BCUT2D eigenvalue weighted by Gasteiger charge is 2.21. The maximum atomic E-state index is 5.33. The van der Waals surface area contributed by atoms with E-state index in [1.165, 1.54) is 12.8 Å². The van der Waals surface area contributed by atoms with Crippen LogP contribution in [-0.4, -0.2) is 29.3 Å². The van der Waals surface area contributed by atoms with Crippen molar-refractivity contribution in [3.8, 4) is 0 Å². The third kappa shape index (κ3) is 3.52. The summed E-state index contributed by atoms with van der Waals surface area (Å²) in [4.78, 5) is 4.33. The summed E-state index contributed by atoms with van der Waals surface area (Å²) in [6.45, 7) is 5.71. The smallest absolute Gasteiger partial charge is 0.202 e. The van der Waals surface area contributed by atoms with E-state index in [2.05, 4.69) is 14.9 Å². The van der Waals surface area contributed by atoms with Crippen molar-refractivity contribution in [1.29, 1.82) is 0 Å². The maximum absolute atomic E-state index is 5.33. The summed E-state index contributed by atoms with van der Waals surface area (Å²) in [5.74, 6) is 1.89. The van der Waals surface area contributed by atoms with Gasteiger partial charge in [-0.2, -0.15) is 0 Å². The molecule has 1 N–H and O–H groups in total. The van der Waals surface area contributed by atoms with Crippen molar-refractivity contribution >= 4 is 5.95 Å². The summed E-state index contributed by atoms with van der Waals surface area (Å²) in [5.41, 5.74) is 0. The molecule has 90 valence electrons. The highest BCUT2D eigenvalue weighted by atomic mass is 16.5. The number of hydrogen-bond donors (Lipinski definition) is 1. The van der Waals surface area contributed by atoms with Crippen LogP contribution in [0.1, 0.15) is 26.2 Å². The molecule has 0 radical (unpaired) electrons. The lowest BCUT2D eigenvalue weighted by Crippen LogP contribution is -2.10. The van der Waals surface area contributed by atoms with Gasteiger partial charge in [0.05, 0.1) is 0 Å². The number of anilines is 1. The minimum atomic E-state index is 0.802. The molecule has 0 unspecified atom stereocenters. The Labute approximate surface area is 97.0 Å². The Hall–Kier alpha value is -1.03. The third-order valence-electron chi connectivity index (χ3n) is 2.85. The van der Waals surface area contributed by atoms with E-state index in [4.69, 9.17) is 4.74 Å². The molecule has 1 aromatic heterocycles. The molecule has 0 amide bonds. The molecule has 1 aliphatic carbocycles. The number of aryl methyl sites for hydroxylation is 1. The van der Waals surface area contributed by atoms with Gasteiger partial charge in [-0.15, -0.1) is 0 Å². The molecule has 1 saturated carbocycles. The summed E-state index contributed by atoms with van der Waals surface area (Å²) < 4.78 is 7.49. The fraction of sp³-hybridized carbons (Fsp3) is 0.750. The molecule has 0 bridgehead atoms. The molecule has 0 aromatic carbocycles. The SMILES string of the molecule is CCOCCCn1ccnc1NCC1CC1. The number of hydrogen-bond acceptors (Lipinski definition) is 3. The van der Waals surface area contributed by atoms with Gasteiger partial charge in [-0.1, -0.05) is 0 Å². The molecule has 1 aromatic rings. The van der Waals surface area contributed by atoms with Crippen LogP contribution < -0.4 is 5.32 Å². The Bertz CT molecular complexity index is 307. The molecule has 0 saturated heterocycles. The fourth-order valence-electron chi connectivity index (χ4n) is 1.70. The number of nitrogens with zero attached hydrogens (tertiary/aromatic N) is 2. The zero-order valence-corrected chi connectivity index (χ0v) is 9.98. The summed E-state index contributed by atoms with van der Waals surface area (Å²) >= 11 is 0. The number of rotatable bonds is 8. The van der Waals surface area contributed by atoms with Crippen molar-refractivity contribution in [2.75, 3.05) is 25.1 Å². The van der Waals surface area contributed by atoms with Crippen LogP contribution in [0.25, 0.3) is 0 Å². The quantitative estimate of drug-likeness (QED) is 0.686. The van der Waals surface area contributed by atoms with Gasteiger partial charge in [0.2, 0.25) is 5.95 Å². The number of ether oxygens (including phenoxy) is 1. The molecular formula is C12H21N3O. The summed E-state index contributed by atoms with van der Waals surface area (Å²) in [6, 6.07) is 0. The van der Waals surface area contributed by atoms with Gasteiger partial charge >= 0.3 is 0 Å². The molecule has 0 atom stereocenters. The van der Waals surface area contributed by atoms with E-state index in [1.807, 2.05) is 19.3 Å². The van der Waals surface area contributed by atoms with E-state index >= 15 is 0 Å². The average molecular weight is 223 g/mol. The number of nitrogens with one attached hydrogen (secondary N) is 1. The zero-order chi connectivity index (χ0) is 11.2. The molecule has 0 spiro atoms. The highest BCUT2D eigenvalue weighted by Crippen LogP contribution is 2.28. The lowest BCUT2D eigenvalue weighted by atomic mass is 10.4. The fourth-order valence-corrected chi connectivity index (χ4v) is 1.70. The van der Waals surface area contributed by atoms with Gasteiger partial charge in [-0.25, -0.2) is 4.98 Å². The van der Waals surface area contributed by atoms with Gasteiger partial charge in [0, 0.05) is 38.7 Å². The summed E-state index contributed by atoms with van der Waals surface area (Å²) in [5, 5.41) is 3.41. The Morgan fingerprint density at radius 3 is 3.19 bits per heavy atom. The molecule has 4 heteroatoms. The number of aromatic nitrogens is 2. The molecule has 16 heavy (non-hydrogen) atoms. The molecular weight excluding hydrogens is 202 g/mol. The van der Waals surface area contributed by atoms with E-state index in [9.17, 15) is 0 Å². The van der Waals surface area contributed by atoms with Crippen molar-refractivity contribution < 1.29 is 4.74 Å². The van der Waals surface area contributed by atoms with Crippen LogP contribution in [0.3, 0.4) is 0 Å². The Balaban J connectivity index is 1.71. The van der Waals surface area contributed by atoms with Gasteiger partial charge in [-0.05, 0) is 32.1 Å². The maximum Gasteiger partial charge on any atom is 0.202 e. The molecule has 0 aliphatic heterocycles. The first kappa shape index (κ1) is 11.5. The molecule has 1 aliphatic rings. The normalized spacial score (nSPS) is 15.3. The van der Waals surface area contributed by atoms with Gasteiger partial charge in [0.15, 0.2) is 0 Å². The topological polar surface area (TPSA) is 39.1 Å². The van der Waals surface area contributed by atoms with E-state index in [0.717, 1.165) is 44.6 Å². The van der Waals surface area contributed by atoms with Crippen LogP contribution in [0.5, 0.6) is 0 Å². The Morgan fingerprint density at radius 1 is 1.56 bits per heavy atom.